The van der Waals surface area contributed by atoms with Crippen LogP contribution in [0, 0.1) is 6.92 Å². The summed E-state index contributed by atoms with van der Waals surface area (Å²) >= 11 is 3.63. The number of aryl methyl sites for hydroxylation is 1. The third-order valence-electron chi connectivity index (χ3n) is 4.01. The summed E-state index contributed by atoms with van der Waals surface area (Å²) in [6.45, 7) is 6.98. The number of nitrogens with zero attached hydrogens (tertiary/aromatic N) is 4. The highest BCUT2D eigenvalue weighted by atomic mass is 79.9. The summed E-state index contributed by atoms with van der Waals surface area (Å²) in [5, 5.41) is 10.6. The van der Waals surface area contributed by atoms with Crippen molar-refractivity contribution in [2.24, 2.45) is 4.99 Å². The van der Waals surface area contributed by atoms with Gasteiger partial charge in [-0.1, -0.05) is 17.3 Å². The van der Waals surface area contributed by atoms with Gasteiger partial charge in [0.15, 0.2) is 11.8 Å². The van der Waals surface area contributed by atoms with Crippen molar-refractivity contribution in [2.75, 3.05) is 24.5 Å². The normalized spacial score (nSPS) is 17.8. The zero-order valence-electron chi connectivity index (χ0n) is 14.5. The highest BCUT2D eigenvalue weighted by molar-refractivity contribution is 9.10. The maximum absolute atomic E-state index is 5.11. The van der Waals surface area contributed by atoms with Gasteiger partial charge in [0.1, 0.15) is 6.54 Å². The highest BCUT2D eigenvalue weighted by Crippen LogP contribution is 2.28. The van der Waals surface area contributed by atoms with Crippen molar-refractivity contribution in [3.8, 4) is 0 Å². The van der Waals surface area contributed by atoms with Crippen LogP contribution in [0.4, 0.5) is 5.69 Å². The maximum atomic E-state index is 5.11. The molecule has 0 saturated carbocycles. The molecular weight excluding hydrogens is 384 g/mol. The number of hydrogen-bond donors (Lipinski definition) is 2. The van der Waals surface area contributed by atoms with Gasteiger partial charge in [0.05, 0.1) is 5.69 Å². The molecule has 2 aromatic rings. The number of guanidine groups is 1. The molecule has 2 N–H and O–H groups in total. The summed E-state index contributed by atoms with van der Waals surface area (Å²) in [6.07, 6.45) is 1.06. The standard InChI is InChI=1S/C17H23BrN6O/c1-3-19-17(20-10-16-21-12(2)23-25-16)22-13-8-9-24(11-13)15-7-5-4-6-14(15)18/h4-7,13H,3,8-11H2,1-2H3,(H2,19,20,22). The Morgan fingerprint density at radius 2 is 2.28 bits per heavy atom. The van der Waals surface area contributed by atoms with Crippen molar-refractivity contribution < 1.29 is 4.52 Å². The van der Waals surface area contributed by atoms with Crippen LogP contribution in [0.1, 0.15) is 25.1 Å². The molecule has 0 spiro atoms. The predicted molar refractivity (Wildman–Crippen MR) is 102 cm³/mol. The Hall–Kier alpha value is -2.09. The summed E-state index contributed by atoms with van der Waals surface area (Å²) in [4.78, 5) is 11.1. The average molecular weight is 407 g/mol. The van der Waals surface area contributed by atoms with Crippen LogP contribution in [0.5, 0.6) is 0 Å². The molecule has 1 unspecified atom stereocenters. The fourth-order valence-corrected chi connectivity index (χ4v) is 3.40. The van der Waals surface area contributed by atoms with Crippen molar-refractivity contribution in [1.29, 1.82) is 0 Å². The van der Waals surface area contributed by atoms with Crippen LogP contribution >= 0.6 is 15.9 Å². The van der Waals surface area contributed by atoms with Gasteiger partial charge in [-0.15, -0.1) is 0 Å². The van der Waals surface area contributed by atoms with Crippen LogP contribution in [0.25, 0.3) is 0 Å². The summed E-state index contributed by atoms with van der Waals surface area (Å²) in [5.41, 5.74) is 1.23. The quantitative estimate of drug-likeness (QED) is 0.586. The molecule has 25 heavy (non-hydrogen) atoms. The van der Waals surface area contributed by atoms with E-state index in [1.165, 1.54) is 5.69 Å². The lowest BCUT2D eigenvalue weighted by atomic mass is 10.3. The van der Waals surface area contributed by atoms with E-state index < -0.39 is 0 Å². The lowest BCUT2D eigenvalue weighted by Gasteiger charge is -2.21. The first-order valence-electron chi connectivity index (χ1n) is 8.49. The molecule has 1 aromatic carbocycles. The van der Waals surface area contributed by atoms with Gasteiger partial charge in [-0.3, -0.25) is 0 Å². The molecule has 1 saturated heterocycles. The van der Waals surface area contributed by atoms with Crippen LogP contribution in [-0.4, -0.2) is 41.8 Å². The van der Waals surface area contributed by atoms with Gasteiger partial charge in [0, 0.05) is 30.1 Å². The fraction of sp³-hybridized carbons (Fsp3) is 0.471. The molecule has 3 rings (SSSR count). The van der Waals surface area contributed by atoms with Gasteiger partial charge < -0.3 is 20.1 Å². The van der Waals surface area contributed by atoms with E-state index in [1.54, 1.807) is 6.92 Å². The number of halogens is 1. The number of nitrogens with one attached hydrogen (secondary N) is 2. The molecule has 0 amide bonds. The molecule has 0 bridgehead atoms. The second-order valence-corrected chi connectivity index (χ2v) is 6.81. The van der Waals surface area contributed by atoms with Gasteiger partial charge in [0.25, 0.3) is 0 Å². The highest BCUT2D eigenvalue weighted by Gasteiger charge is 2.24. The van der Waals surface area contributed by atoms with Crippen molar-refractivity contribution >= 4 is 27.6 Å². The molecule has 1 aromatic heterocycles. The third kappa shape index (κ3) is 4.72. The number of benzene rings is 1. The molecule has 1 atom stereocenters. The average Bonchev–Trinajstić information content (AvgIpc) is 3.22. The number of para-hydroxylation sites is 1. The monoisotopic (exact) mass is 406 g/mol. The van der Waals surface area contributed by atoms with E-state index in [2.05, 4.69) is 71.7 Å². The molecule has 1 fully saturated rings. The summed E-state index contributed by atoms with van der Waals surface area (Å²) in [6, 6.07) is 8.67. The first-order chi connectivity index (χ1) is 12.2. The largest absolute Gasteiger partial charge is 0.368 e. The van der Waals surface area contributed by atoms with E-state index in [0.29, 0.717) is 24.3 Å². The Bertz CT molecular complexity index is 731. The molecule has 2 heterocycles. The van der Waals surface area contributed by atoms with Gasteiger partial charge in [-0.05, 0) is 48.3 Å². The Balaban J connectivity index is 1.60. The van der Waals surface area contributed by atoms with Crippen molar-refractivity contribution in [1.82, 2.24) is 20.8 Å². The zero-order chi connectivity index (χ0) is 17.6. The van der Waals surface area contributed by atoms with Crippen LogP contribution in [0.15, 0.2) is 38.3 Å². The van der Waals surface area contributed by atoms with Crippen LogP contribution in [-0.2, 0) is 6.54 Å². The molecule has 8 heteroatoms. The minimum absolute atomic E-state index is 0.342. The fourth-order valence-electron chi connectivity index (χ4n) is 2.87. The van der Waals surface area contributed by atoms with E-state index in [9.17, 15) is 0 Å². The predicted octanol–water partition coefficient (Wildman–Crippen LogP) is 2.47. The van der Waals surface area contributed by atoms with Crippen molar-refractivity contribution in [3.05, 3.63) is 40.5 Å². The van der Waals surface area contributed by atoms with E-state index >= 15 is 0 Å². The Kier molecular flexibility index (Phi) is 5.91. The minimum Gasteiger partial charge on any atom is -0.368 e. The van der Waals surface area contributed by atoms with E-state index in [1.807, 2.05) is 6.07 Å². The van der Waals surface area contributed by atoms with Crippen LogP contribution in [0.3, 0.4) is 0 Å². The van der Waals surface area contributed by atoms with E-state index in [4.69, 9.17) is 4.52 Å². The second kappa shape index (κ2) is 8.33. The topological polar surface area (TPSA) is 78.6 Å². The van der Waals surface area contributed by atoms with Crippen molar-refractivity contribution in [2.45, 2.75) is 32.9 Å². The minimum atomic E-state index is 0.342. The Morgan fingerprint density at radius 3 is 3.00 bits per heavy atom. The molecule has 0 aliphatic carbocycles. The lowest BCUT2D eigenvalue weighted by molar-refractivity contribution is 0.376. The second-order valence-electron chi connectivity index (χ2n) is 5.96. The first kappa shape index (κ1) is 17.7. The maximum Gasteiger partial charge on any atom is 0.248 e. The number of rotatable bonds is 5. The summed E-state index contributed by atoms with van der Waals surface area (Å²) < 4.78 is 6.24. The van der Waals surface area contributed by atoms with Gasteiger partial charge in [-0.25, -0.2) is 4.99 Å². The van der Waals surface area contributed by atoms with Crippen molar-refractivity contribution in [3.63, 3.8) is 0 Å². The molecule has 1 aliphatic rings. The molecular formula is C17H23BrN6O. The SMILES string of the molecule is CCNC(=NCc1nc(C)no1)NC1CCN(c2ccccc2Br)C1. The summed E-state index contributed by atoms with van der Waals surface area (Å²) in [5.74, 6) is 1.93. The van der Waals surface area contributed by atoms with E-state index in [-0.39, 0.29) is 0 Å². The number of aliphatic imine (C=N–C) groups is 1. The zero-order valence-corrected chi connectivity index (χ0v) is 16.1. The van der Waals surface area contributed by atoms with Crippen LogP contribution < -0.4 is 15.5 Å². The Labute approximate surface area is 156 Å². The number of aromatic nitrogens is 2. The summed E-state index contributed by atoms with van der Waals surface area (Å²) in [7, 11) is 0. The molecule has 7 nitrogen and oxygen atoms in total. The number of anilines is 1. The lowest BCUT2D eigenvalue weighted by Crippen LogP contribution is -2.44. The first-order valence-corrected chi connectivity index (χ1v) is 9.28. The molecule has 134 valence electrons. The van der Waals surface area contributed by atoms with E-state index in [0.717, 1.165) is 36.5 Å². The molecule has 0 radical (unpaired) electrons. The smallest absolute Gasteiger partial charge is 0.248 e. The van der Waals surface area contributed by atoms with Gasteiger partial charge in [-0.2, -0.15) is 4.98 Å². The van der Waals surface area contributed by atoms with Gasteiger partial charge in [0.2, 0.25) is 5.89 Å². The van der Waals surface area contributed by atoms with Crippen LogP contribution in [0.2, 0.25) is 0 Å². The third-order valence-corrected chi connectivity index (χ3v) is 4.68. The molecule has 1 aliphatic heterocycles. The van der Waals surface area contributed by atoms with Gasteiger partial charge >= 0.3 is 0 Å². The Morgan fingerprint density at radius 1 is 1.44 bits per heavy atom. The number of hydrogen-bond acceptors (Lipinski definition) is 5.